The average molecular weight is 358 g/mol. The van der Waals surface area contributed by atoms with Gasteiger partial charge in [0.1, 0.15) is 0 Å². The van der Waals surface area contributed by atoms with Crippen molar-refractivity contribution in [1.29, 1.82) is 5.39 Å². The second kappa shape index (κ2) is 8.73. The summed E-state index contributed by atoms with van der Waals surface area (Å²) in [6.45, 7) is 15.2. The van der Waals surface area contributed by atoms with Gasteiger partial charge in [0.25, 0.3) is 8.32 Å². The van der Waals surface area contributed by atoms with E-state index in [0.29, 0.717) is 0 Å². The van der Waals surface area contributed by atoms with Gasteiger partial charge in [-0.2, -0.15) is 0 Å². The molecule has 0 radical (unpaired) electrons. The number of carbonyl (C=O) groups excluding carboxylic acids is 1. The summed E-state index contributed by atoms with van der Waals surface area (Å²) < 4.78 is 15.9. The van der Waals surface area contributed by atoms with Crippen molar-refractivity contribution in [3.8, 4) is 0 Å². The van der Waals surface area contributed by atoms with E-state index in [-0.39, 0.29) is 23.1 Å². The second-order valence-electron chi connectivity index (χ2n) is 6.78. The number of hydrogen-bond acceptors (Lipinski definition) is 6. The van der Waals surface area contributed by atoms with Gasteiger partial charge in [0.2, 0.25) is 11.2 Å². The largest absolute Gasteiger partial charge is 0.538 e. The minimum absolute atomic E-state index is 0.0868. The van der Waals surface area contributed by atoms with Crippen molar-refractivity contribution < 1.29 is 23.8 Å². The fraction of sp³-hybridized carbons (Fsp3) is 0.688. The van der Waals surface area contributed by atoms with Crippen LogP contribution in [-0.2, 0) is 18.7 Å². The van der Waals surface area contributed by atoms with Crippen molar-refractivity contribution in [2.75, 3.05) is 6.61 Å². The Morgan fingerprint density at radius 3 is 2.29 bits per heavy atom. The Bertz CT molecular complexity index is 556. The number of allylic oxidation sites excluding steroid dienone is 1. The molecular weight excluding hydrogens is 328 g/mol. The van der Waals surface area contributed by atoms with Crippen LogP contribution in [0.4, 0.5) is 0 Å². The topological polar surface area (TPSA) is 93.1 Å². The van der Waals surface area contributed by atoms with Gasteiger partial charge < -0.3 is 19.0 Å². The number of hydrogen-bond donors (Lipinski definition) is 1. The van der Waals surface area contributed by atoms with E-state index in [1.54, 1.807) is 19.9 Å². The molecule has 0 aromatic heterocycles. The van der Waals surface area contributed by atoms with Crippen LogP contribution in [-0.4, -0.2) is 32.1 Å². The molecule has 24 heavy (non-hydrogen) atoms. The van der Waals surface area contributed by atoms with E-state index in [2.05, 4.69) is 25.7 Å². The SMILES string of the molecule is C/C=C(O[Si](C)(C)C(C)(C)C)/C([N+]#N)=C(\O)O[C@@H](C)C(=O)OCC. The predicted molar refractivity (Wildman–Crippen MR) is 94.0 cm³/mol. The van der Waals surface area contributed by atoms with E-state index < -0.39 is 26.3 Å². The van der Waals surface area contributed by atoms with E-state index in [4.69, 9.17) is 13.9 Å². The quantitative estimate of drug-likeness (QED) is 0.238. The fourth-order valence-electron chi connectivity index (χ4n) is 1.40. The molecule has 0 fully saturated rings. The average Bonchev–Trinajstić information content (AvgIpc) is 2.45. The smallest absolute Gasteiger partial charge is 0.503 e. The summed E-state index contributed by atoms with van der Waals surface area (Å²) >= 11 is 0. The highest BCUT2D eigenvalue weighted by Crippen LogP contribution is 2.39. The lowest BCUT2D eigenvalue weighted by Gasteiger charge is -2.36. The van der Waals surface area contributed by atoms with Crippen molar-refractivity contribution in [2.45, 2.75) is 65.8 Å². The highest BCUT2D eigenvalue weighted by molar-refractivity contribution is 6.74. The Kier molecular flexibility index (Phi) is 8.00. The van der Waals surface area contributed by atoms with Crippen molar-refractivity contribution in [3.05, 3.63) is 28.5 Å². The lowest BCUT2D eigenvalue weighted by molar-refractivity contribution is -0.155. The Labute approximate surface area is 145 Å². The van der Waals surface area contributed by atoms with E-state index >= 15 is 0 Å². The summed E-state index contributed by atoms with van der Waals surface area (Å²) in [5, 5.41) is 19.3. The third-order valence-corrected chi connectivity index (χ3v) is 8.22. The van der Waals surface area contributed by atoms with Gasteiger partial charge in [-0.25, -0.2) is 4.79 Å². The number of carbonyl (C=O) groups is 1. The van der Waals surface area contributed by atoms with Crippen LogP contribution in [0.2, 0.25) is 18.1 Å². The zero-order valence-electron chi connectivity index (χ0n) is 15.8. The Balaban J connectivity index is 5.48. The number of ether oxygens (including phenoxy) is 2. The fourth-order valence-corrected chi connectivity index (χ4v) is 2.47. The summed E-state index contributed by atoms with van der Waals surface area (Å²) in [4.78, 5) is 14.6. The molecule has 0 aromatic rings. The first-order valence-corrected chi connectivity index (χ1v) is 10.8. The summed E-state index contributed by atoms with van der Waals surface area (Å²) in [5.74, 6) is -1.14. The Morgan fingerprint density at radius 2 is 1.92 bits per heavy atom. The molecule has 0 spiro atoms. The third kappa shape index (κ3) is 5.89. The van der Waals surface area contributed by atoms with Crippen molar-refractivity contribution in [2.24, 2.45) is 0 Å². The van der Waals surface area contributed by atoms with Gasteiger partial charge >= 0.3 is 17.6 Å². The zero-order valence-corrected chi connectivity index (χ0v) is 16.8. The lowest BCUT2D eigenvalue weighted by atomic mass is 10.2. The molecule has 0 unspecified atom stereocenters. The predicted octanol–water partition coefficient (Wildman–Crippen LogP) is 4.46. The van der Waals surface area contributed by atoms with Crippen molar-refractivity contribution in [1.82, 2.24) is 0 Å². The molecule has 136 valence electrons. The van der Waals surface area contributed by atoms with Crippen LogP contribution in [0.5, 0.6) is 0 Å². The van der Waals surface area contributed by atoms with Crippen LogP contribution in [0.15, 0.2) is 23.5 Å². The lowest BCUT2D eigenvalue weighted by Crippen LogP contribution is -2.40. The molecule has 0 aliphatic heterocycles. The number of esters is 1. The molecule has 8 heteroatoms. The van der Waals surface area contributed by atoms with Gasteiger partial charge in [0, 0.05) is 0 Å². The van der Waals surface area contributed by atoms with Gasteiger partial charge in [0.05, 0.1) is 6.61 Å². The normalized spacial score (nSPS) is 15.0. The maximum absolute atomic E-state index is 11.6. The molecule has 0 rings (SSSR count). The molecule has 7 nitrogen and oxygen atoms in total. The summed E-state index contributed by atoms with van der Waals surface area (Å²) in [7, 11) is -2.22. The van der Waals surface area contributed by atoms with Gasteiger partial charge in [-0.3, -0.25) is 0 Å². The maximum Gasteiger partial charge on any atom is 0.503 e. The van der Waals surface area contributed by atoms with Crippen molar-refractivity contribution >= 4 is 14.3 Å². The van der Waals surface area contributed by atoms with Crippen LogP contribution in [0.1, 0.15) is 41.5 Å². The van der Waals surface area contributed by atoms with Crippen LogP contribution in [0.25, 0.3) is 4.98 Å². The highest BCUT2D eigenvalue weighted by atomic mass is 28.4. The first-order chi connectivity index (χ1) is 10.9. The Morgan fingerprint density at radius 1 is 1.38 bits per heavy atom. The third-order valence-electron chi connectivity index (χ3n) is 3.88. The standard InChI is InChI=1S/C16H28N2O5Si/c1-9-12(23-24(7,8)16(4,5)6)13(18-17)15(20)22-11(3)14(19)21-10-2/h9,11H,10H2,1-8H3/p+1/b12-9-,15-13-/t11-/m0/s1. The molecule has 0 saturated carbocycles. The number of diazo groups is 1. The molecule has 0 aliphatic carbocycles. The van der Waals surface area contributed by atoms with Crippen LogP contribution in [0.3, 0.4) is 0 Å². The number of nitrogens with zero attached hydrogens (tertiary/aromatic N) is 2. The molecule has 0 bridgehead atoms. The van der Waals surface area contributed by atoms with Crippen LogP contribution < -0.4 is 0 Å². The molecule has 1 N–H and O–H groups in total. The van der Waals surface area contributed by atoms with Crippen LogP contribution >= 0.6 is 0 Å². The van der Waals surface area contributed by atoms with Gasteiger partial charge in [-0.1, -0.05) is 20.8 Å². The number of aliphatic hydroxyl groups is 1. The first kappa shape index (κ1) is 22.0. The second-order valence-corrected chi connectivity index (χ2v) is 11.5. The van der Waals surface area contributed by atoms with Crippen molar-refractivity contribution in [3.63, 3.8) is 0 Å². The summed E-state index contributed by atoms with van der Waals surface area (Å²) in [5.41, 5.74) is -0.265. The molecule has 0 saturated heterocycles. The van der Waals surface area contributed by atoms with E-state index in [1.807, 2.05) is 13.1 Å². The molecule has 0 aromatic carbocycles. The number of aliphatic hydroxyl groups excluding tert-OH is 1. The van der Waals surface area contributed by atoms with Gasteiger partial charge in [-0.15, -0.1) is 0 Å². The summed E-state index contributed by atoms with van der Waals surface area (Å²) in [6, 6.07) is 0. The molecule has 1 atom stereocenters. The Hall–Kier alpha value is -2.01. The zero-order chi connectivity index (χ0) is 19.1. The van der Waals surface area contributed by atoms with Gasteiger partial charge in [0.15, 0.2) is 11.1 Å². The molecular formula is C16H29N2O5Si+. The molecule has 0 aliphatic rings. The van der Waals surface area contributed by atoms with E-state index in [1.165, 1.54) is 6.92 Å². The number of rotatable bonds is 7. The minimum Gasteiger partial charge on any atom is -0.538 e. The first-order valence-electron chi connectivity index (χ1n) is 7.88. The molecule has 0 amide bonds. The molecule has 0 heterocycles. The minimum atomic E-state index is -2.22. The maximum atomic E-state index is 11.6. The van der Waals surface area contributed by atoms with Gasteiger partial charge in [-0.05, 0) is 45.0 Å². The van der Waals surface area contributed by atoms with E-state index in [9.17, 15) is 15.3 Å². The highest BCUT2D eigenvalue weighted by Gasteiger charge is 2.42. The summed E-state index contributed by atoms with van der Waals surface area (Å²) in [6.07, 6.45) is 0.525. The van der Waals surface area contributed by atoms with E-state index in [0.717, 1.165) is 0 Å². The van der Waals surface area contributed by atoms with Crippen LogP contribution in [0, 0.1) is 5.39 Å². The monoisotopic (exact) mass is 357 g/mol.